The van der Waals surface area contributed by atoms with Crippen molar-refractivity contribution in [2.45, 2.75) is 26.3 Å². The molecule has 0 fully saturated rings. The van der Waals surface area contributed by atoms with Gasteiger partial charge in [0.15, 0.2) is 0 Å². The maximum atomic E-state index is 12.2. The molecule has 5 nitrogen and oxygen atoms in total. The highest BCUT2D eigenvalue weighted by Crippen LogP contribution is 2.21. The molecule has 0 spiro atoms. The fourth-order valence-electron chi connectivity index (χ4n) is 1.90. The van der Waals surface area contributed by atoms with Gasteiger partial charge in [0.1, 0.15) is 0 Å². The molecule has 112 valence electrons. The zero-order valence-electron chi connectivity index (χ0n) is 12.4. The number of nitrogens with one attached hydrogen (secondary N) is 1. The minimum atomic E-state index is -0.456. The Labute approximate surface area is 129 Å². The summed E-state index contributed by atoms with van der Waals surface area (Å²) in [6.07, 6.45) is 1.54. The largest absolute Gasteiger partial charge is 0.350 e. The number of amides is 1. The number of benzene rings is 1. The van der Waals surface area contributed by atoms with E-state index in [1.807, 2.05) is 39.0 Å². The molecule has 0 atom stereocenters. The molecule has 0 saturated heterocycles. The summed E-state index contributed by atoms with van der Waals surface area (Å²) in [6, 6.07) is 7.36. The van der Waals surface area contributed by atoms with Crippen molar-refractivity contribution in [1.82, 2.24) is 15.1 Å². The van der Waals surface area contributed by atoms with Gasteiger partial charge in [-0.05, 0) is 32.9 Å². The first-order chi connectivity index (χ1) is 9.79. The molecule has 2 rings (SSSR count). The Morgan fingerprint density at radius 2 is 2.10 bits per heavy atom. The second kappa shape index (κ2) is 5.87. The summed E-state index contributed by atoms with van der Waals surface area (Å²) in [5.74, 6) is -0.190. The molecule has 0 bridgehead atoms. The van der Waals surface area contributed by atoms with Crippen LogP contribution in [0.3, 0.4) is 0 Å². The maximum Gasteiger partial charge on any atom is 0.254 e. The molecule has 2 aromatic rings. The Morgan fingerprint density at radius 3 is 2.71 bits per heavy atom. The van der Waals surface area contributed by atoms with Crippen molar-refractivity contribution in [1.29, 1.82) is 0 Å². The Hall–Kier alpha value is -1.85. The fraction of sp³-hybridized carbons (Fsp3) is 0.333. The average molecular weight is 307 g/mol. The molecular formula is C15H19ClN4O. The molecule has 0 aliphatic heterocycles. The summed E-state index contributed by atoms with van der Waals surface area (Å²) in [6.45, 7) is 5.93. The molecular weight excluding hydrogens is 288 g/mol. The van der Waals surface area contributed by atoms with Gasteiger partial charge in [0.2, 0.25) is 0 Å². The third kappa shape index (κ3) is 3.62. The van der Waals surface area contributed by atoms with E-state index in [9.17, 15) is 4.79 Å². The van der Waals surface area contributed by atoms with Crippen molar-refractivity contribution in [2.24, 2.45) is 5.73 Å². The van der Waals surface area contributed by atoms with Gasteiger partial charge in [-0.1, -0.05) is 23.7 Å². The maximum absolute atomic E-state index is 12.2. The van der Waals surface area contributed by atoms with Gasteiger partial charge in [-0.25, -0.2) is 4.68 Å². The molecule has 3 N–H and O–H groups in total. The first-order valence-electron chi connectivity index (χ1n) is 6.66. The Kier molecular flexibility index (Phi) is 4.34. The van der Waals surface area contributed by atoms with Crippen molar-refractivity contribution in [3.8, 4) is 5.69 Å². The van der Waals surface area contributed by atoms with Crippen LogP contribution in [0.1, 0.15) is 29.9 Å². The molecule has 21 heavy (non-hydrogen) atoms. The average Bonchev–Trinajstić information content (AvgIpc) is 2.78. The minimum Gasteiger partial charge on any atom is -0.350 e. The summed E-state index contributed by atoms with van der Waals surface area (Å²) in [5.41, 5.74) is 7.40. The Morgan fingerprint density at radius 1 is 1.43 bits per heavy atom. The molecule has 1 heterocycles. The van der Waals surface area contributed by atoms with E-state index in [2.05, 4.69) is 10.4 Å². The first kappa shape index (κ1) is 15.5. The van der Waals surface area contributed by atoms with Crippen LogP contribution in [0, 0.1) is 6.92 Å². The molecule has 0 aliphatic carbocycles. The van der Waals surface area contributed by atoms with Crippen LogP contribution in [-0.4, -0.2) is 27.8 Å². The SMILES string of the molecule is Cc1c(C(=O)NCC(C)(C)N)cnn1-c1ccccc1Cl. The molecule has 1 aromatic heterocycles. The van der Waals surface area contributed by atoms with Gasteiger partial charge < -0.3 is 11.1 Å². The van der Waals surface area contributed by atoms with E-state index < -0.39 is 5.54 Å². The lowest BCUT2D eigenvalue weighted by molar-refractivity contribution is 0.0945. The second-order valence-corrected chi connectivity index (χ2v) is 6.09. The van der Waals surface area contributed by atoms with E-state index in [1.54, 1.807) is 10.7 Å². The highest BCUT2D eigenvalue weighted by atomic mass is 35.5. The number of nitrogens with zero attached hydrogens (tertiary/aromatic N) is 2. The zero-order chi connectivity index (χ0) is 15.6. The van der Waals surface area contributed by atoms with Crippen LogP contribution >= 0.6 is 11.6 Å². The quantitative estimate of drug-likeness (QED) is 0.910. The number of hydrogen-bond acceptors (Lipinski definition) is 3. The Bertz CT molecular complexity index is 658. The predicted molar refractivity (Wildman–Crippen MR) is 83.9 cm³/mol. The van der Waals surface area contributed by atoms with E-state index in [0.29, 0.717) is 17.1 Å². The van der Waals surface area contributed by atoms with Gasteiger partial charge >= 0.3 is 0 Å². The van der Waals surface area contributed by atoms with Crippen molar-refractivity contribution >= 4 is 17.5 Å². The normalized spacial score (nSPS) is 11.5. The third-order valence-electron chi connectivity index (χ3n) is 3.04. The number of halogens is 1. The number of carbonyl (C=O) groups excluding carboxylic acids is 1. The van der Waals surface area contributed by atoms with Gasteiger partial charge in [0, 0.05) is 12.1 Å². The van der Waals surface area contributed by atoms with Crippen molar-refractivity contribution in [2.75, 3.05) is 6.54 Å². The molecule has 1 aromatic carbocycles. The van der Waals surface area contributed by atoms with Gasteiger partial charge in [-0.15, -0.1) is 0 Å². The van der Waals surface area contributed by atoms with E-state index in [0.717, 1.165) is 11.4 Å². The first-order valence-corrected chi connectivity index (χ1v) is 7.04. The Balaban J connectivity index is 2.25. The number of nitrogens with two attached hydrogens (primary N) is 1. The van der Waals surface area contributed by atoms with Gasteiger partial charge in [0.25, 0.3) is 5.91 Å². The molecule has 0 radical (unpaired) electrons. The lowest BCUT2D eigenvalue weighted by atomic mass is 10.1. The summed E-state index contributed by atoms with van der Waals surface area (Å²) in [7, 11) is 0. The monoisotopic (exact) mass is 306 g/mol. The smallest absolute Gasteiger partial charge is 0.254 e. The zero-order valence-corrected chi connectivity index (χ0v) is 13.1. The summed E-state index contributed by atoms with van der Waals surface area (Å²) in [5, 5.41) is 7.64. The van der Waals surface area contributed by atoms with Crippen LogP contribution in [-0.2, 0) is 0 Å². The van der Waals surface area contributed by atoms with Crippen molar-refractivity contribution < 1.29 is 4.79 Å². The topological polar surface area (TPSA) is 72.9 Å². The minimum absolute atomic E-state index is 0.190. The van der Waals surface area contributed by atoms with Gasteiger partial charge in [-0.3, -0.25) is 4.79 Å². The number of para-hydroxylation sites is 1. The fourth-order valence-corrected chi connectivity index (χ4v) is 2.12. The summed E-state index contributed by atoms with van der Waals surface area (Å²) < 4.78 is 1.66. The third-order valence-corrected chi connectivity index (χ3v) is 3.36. The van der Waals surface area contributed by atoms with Crippen LogP contribution in [0.5, 0.6) is 0 Å². The molecule has 0 aliphatic rings. The highest BCUT2D eigenvalue weighted by Gasteiger charge is 2.18. The van der Waals surface area contributed by atoms with Gasteiger partial charge in [-0.2, -0.15) is 5.10 Å². The number of aromatic nitrogens is 2. The van der Waals surface area contributed by atoms with E-state index >= 15 is 0 Å². The van der Waals surface area contributed by atoms with E-state index in [-0.39, 0.29) is 5.91 Å². The number of carbonyl (C=O) groups is 1. The molecule has 6 heteroatoms. The molecule has 0 unspecified atom stereocenters. The van der Waals surface area contributed by atoms with Crippen LogP contribution in [0.2, 0.25) is 5.02 Å². The van der Waals surface area contributed by atoms with Crippen LogP contribution in [0.4, 0.5) is 0 Å². The van der Waals surface area contributed by atoms with Crippen LogP contribution in [0.15, 0.2) is 30.5 Å². The van der Waals surface area contributed by atoms with Crippen molar-refractivity contribution in [3.05, 3.63) is 46.7 Å². The van der Waals surface area contributed by atoms with Crippen molar-refractivity contribution in [3.63, 3.8) is 0 Å². The molecule has 0 saturated carbocycles. The number of rotatable bonds is 4. The highest BCUT2D eigenvalue weighted by molar-refractivity contribution is 6.32. The summed E-state index contributed by atoms with van der Waals surface area (Å²) in [4.78, 5) is 12.2. The lowest BCUT2D eigenvalue weighted by Gasteiger charge is -2.18. The number of hydrogen-bond donors (Lipinski definition) is 2. The van der Waals surface area contributed by atoms with E-state index in [4.69, 9.17) is 17.3 Å². The van der Waals surface area contributed by atoms with Gasteiger partial charge in [0.05, 0.1) is 28.2 Å². The predicted octanol–water partition coefficient (Wildman–Crippen LogP) is 2.30. The second-order valence-electron chi connectivity index (χ2n) is 5.68. The standard InChI is InChI=1S/C15H19ClN4O/c1-10-11(14(21)18-9-15(2,3)17)8-19-20(10)13-7-5-4-6-12(13)16/h4-8H,9,17H2,1-3H3,(H,18,21). The molecule has 1 amide bonds. The summed E-state index contributed by atoms with van der Waals surface area (Å²) >= 11 is 6.16. The van der Waals surface area contributed by atoms with Crippen LogP contribution < -0.4 is 11.1 Å². The van der Waals surface area contributed by atoms with Crippen LogP contribution in [0.25, 0.3) is 5.69 Å². The van der Waals surface area contributed by atoms with E-state index in [1.165, 1.54) is 6.20 Å². The lowest BCUT2D eigenvalue weighted by Crippen LogP contribution is -2.45.